The zero-order valence-corrected chi connectivity index (χ0v) is 11.5. The van der Waals surface area contributed by atoms with Crippen LogP contribution in [-0.4, -0.2) is 26.6 Å². The van der Waals surface area contributed by atoms with Gasteiger partial charge >= 0.3 is 0 Å². The lowest BCUT2D eigenvalue weighted by molar-refractivity contribution is -0.128. The highest BCUT2D eigenvalue weighted by Gasteiger charge is 2.25. The van der Waals surface area contributed by atoms with Gasteiger partial charge in [-0.15, -0.1) is 0 Å². The average Bonchev–Trinajstić information content (AvgIpc) is 2.38. The zero-order valence-electron chi connectivity index (χ0n) is 11.5. The molecule has 0 aliphatic rings. The molecule has 0 heterocycles. The van der Waals surface area contributed by atoms with Gasteiger partial charge in [-0.1, -0.05) is 18.2 Å². The molecule has 0 aliphatic carbocycles. The van der Waals surface area contributed by atoms with Crippen molar-refractivity contribution >= 4 is 5.91 Å². The van der Waals surface area contributed by atoms with E-state index in [0.717, 1.165) is 11.3 Å². The van der Waals surface area contributed by atoms with Crippen molar-refractivity contribution in [1.29, 1.82) is 0 Å². The molecular formula is C14H22N2O2. The van der Waals surface area contributed by atoms with Gasteiger partial charge in [0.2, 0.25) is 5.91 Å². The molecule has 100 valence electrons. The van der Waals surface area contributed by atoms with E-state index in [0.29, 0.717) is 13.1 Å². The Morgan fingerprint density at radius 3 is 2.61 bits per heavy atom. The predicted molar refractivity (Wildman–Crippen MR) is 72.5 cm³/mol. The fraction of sp³-hybridized carbons (Fsp3) is 0.500. The molecule has 4 nitrogen and oxygen atoms in total. The maximum atomic E-state index is 11.6. The van der Waals surface area contributed by atoms with Crippen molar-refractivity contribution in [2.24, 2.45) is 5.41 Å². The predicted octanol–water partition coefficient (Wildman–Crippen LogP) is 1.56. The number of carbonyl (C=O) groups excluding carboxylic acids is 1. The van der Waals surface area contributed by atoms with Crippen LogP contribution in [0.25, 0.3) is 0 Å². The van der Waals surface area contributed by atoms with E-state index in [4.69, 9.17) is 4.74 Å². The number of hydrogen-bond acceptors (Lipinski definition) is 3. The van der Waals surface area contributed by atoms with Gasteiger partial charge in [0.15, 0.2) is 0 Å². The minimum Gasteiger partial charge on any atom is -0.496 e. The third-order valence-electron chi connectivity index (χ3n) is 2.92. The highest BCUT2D eigenvalue weighted by atomic mass is 16.5. The standard InChI is InChI=1S/C14H22N2O2/c1-14(2,13(17)15-3)10-16-9-11-7-5-6-8-12(11)18-4/h5-8,16H,9-10H2,1-4H3,(H,15,17). The number of carbonyl (C=O) groups is 1. The van der Waals surface area contributed by atoms with Crippen molar-refractivity contribution < 1.29 is 9.53 Å². The average molecular weight is 250 g/mol. The van der Waals surface area contributed by atoms with Gasteiger partial charge in [-0.2, -0.15) is 0 Å². The second kappa shape index (κ2) is 6.40. The van der Waals surface area contributed by atoms with Crippen molar-refractivity contribution in [1.82, 2.24) is 10.6 Å². The van der Waals surface area contributed by atoms with Gasteiger partial charge in [-0.25, -0.2) is 0 Å². The Bertz CT molecular complexity index is 403. The Morgan fingerprint density at radius 2 is 2.00 bits per heavy atom. The summed E-state index contributed by atoms with van der Waals surface area (Å²) < 4.78 is 5.28. The molecule has 18 heavy (non-hydrogen) atoms. The summed E-state index contributed by atoms with van der Waals surface area (Å²) in [7, 11) is 3.32. The third-order valence-corrected chi connectivity index (χ3v) is 2.92. The number of nitrogens with one attached hydrogen (secondary N) is 2. The molecule has 4 heteroatoms. The SMILES string of the molecule is CNC(=O)C(C)(C)CNCc1ccccc1OC. The lowest BCUT2D eigenvalue weighted by Gasteiger charge is -2.23. The molecule has 0 spiro atoms. The van der Waals surface area contributed by atoms with Crippen LogP contribution < -0.4 is 15.4 Å². The fourth-order valence-electron chi connectivity index (χ4n) is 1.78. The molecule has 0 aliphatic heterocycles. The van der Waals surface area contributed by atoms with Crippen LogP contribution >= 0.6 is 0 Å². The largest absolute Gasteiger partial charge is 0.496 e. The summed E-state index contributed by atoms with van der Waals surface area (Å²) in [6.45, 7) is 5.14. The van der Waals surface area contributed by atoms with Crippen LogP contribution in [0.4, 0.5) is 0 Å². The monoisotopic (exact) mass is 250 g/mol. The molecule has 0 atom stereocenters. The number of benzene rings is 1. The summed E-state index contributed by atoms with van der Waals surface area (Å²) >= 11 is 0. The number of para-hydroxylation sites is 1. The molecule has 0 bridgehead atoms. The summed E-state index contributed by atoms with van der Waals surface area (Å²) in [5.74, 6) is 0.901. The molecule has 2 N–H and O–H groups in total. The van der Waals surface area contributed by atoms with Crippen LogP contribution in [0, 0.1) is 5.41 Å². The molecule has 0 unspecified atom stereocenters. The number of rotatable bonds is 6. The topological polar surface area (TPSA) is 50.4 Å². The molecular weight excluding hydrogens is 228 g/mol. The smallest absolute Gasteiger partial charge is 0.226 e. The molecule has 1 aromatic carbocycles. The van der Waals surface area contributed by atoms with Gasteiger partial charge in [0.25, 0.3) is 0 Å². The lowest BCUT2D eigenvalue weighted by atomic mass is 9.92. The van der Waals surface area contributed by atoms with Crippen molar-refractivity contribution in [3.63, 3.8) is 0 Å². The van der Waals surface area contributed by atoms with E-state index in [9.17, 15) is 4.79 Å². The van der Waals surface area contributed by atoms with Crippen LogP contribution in [0.3, 0.4) is 0 Å². The van der Waals surface area contributed by atoms with Crippen LogP contribution in [0.5, 0.6) is 5.75 Å². The third kappa shape index (κ3) is 3.74. The summed E-state index contributed by atoms with van der Waals surface area (Å²) in [5, 5.41) is 5.96. The van der Waals surface area contributed by atoms with Crippen LogP contribution in [0.15, 0.2) is 24.3 Å². The Morgan fingerprint density at radius 1 is 1.33 bits per heavy atom. The van der Waals surface area contributed by atoms with Gasteiger partial charge in [0.05, 0.1) is 12.5 Å². The lowest BCUT2D eigenvalue weighted by Crippen LogP contribution is -2.41. The van der Waals surface area contributed by atoms with Crippen molar-refractivity contribution in [2.75, 3.05) is 20.7 Å². The van der Waals surface area contributed by atoms with E-state index in [1.807, 2.05) is 38.1 Å². The van der Waals surface area contributed by atoms with Gasteiger partial charge in [0, 0.05) is 25.7 Å². The van der Waals surface area contributed by atoms with Crippen LogP contribution in [-0.2, 0) is 11.3 Å². The first-order valence-corrected chi connectivity index (χ1v) is 6.06. The minimum absolute atomic E-state index is 0.0371. The van der Waals surface area contributed by atoms with E-state index in [1.165, 1.54) is 0 Å². The molecule has 1 amide bonds. The second-order valence-electron chi connectivity index (χ2n) is 4.88. The second-order valence-corrected chi connectivity index (χ2v) is 4.88. The first-order valence-electron chi connectivity index (χ1n) is 6.06. The fourth-order valence-corrected chi connectivity index (χ4v) is 1.78. The summed E-state index contributed by atoms with van der Waals surface area (Å²) in [6, 6.07) is 7.86. The van der Waals surface area contributed by atoms with E-state index in [-0.39, 0.29) is 5.91 Å². The summed E-state index contributed by atoms with van der Waals surface area (Å²) in [5.41, 5.74) is 0.671. The first-order chi connectivity index (χ1) is 8.51. The van der Waals surface area contributed by atoms with E-state index >= 15 is 0 Å². The summed E-state index contributed by atoms with van der Waals surface area (Å²) in [4.78, 5) is 11.6. The molecule has 0 aromatic heterocycles. The van der Waals surface area contributed by atoms with Gasteiger partial charge in [-0.05, 0) is 19.9 Å². The molecule has 0 radical (unpaired) electrons. The van der Waals surface area contributed by atoms with E-state index in [1.54, 1.807) is 14.2 Å². The Labute approximate surface area is 109 Å². The molecule has 1 rings (SSSR count). The summed E-state index contributed by atoms with van der Waals surface area (Å²) in [6.07, 6.45) is 0. The van der Waals surface area contributed by atoms with Crippen molar-refractivity contribution in [3.05, 3.63) is 29.8 Å². The number of hydrogen-bond donors (Lipinski definition) is 2. The zero-order chi connectivity index (χ0) is 13.6. The molecule has 0 fully saturated rings. The van der Waals surface area contributed by atoms with E-state index < -0.39 is 5.41 Å². The van der Waals surface area contributed by atoms with Gasteiger partial charge < -0.3 is 15.4 Å². The van der Waals surface area contributed by atoms with Crippen LogP contribution in [0.1, 0.15) is 19.4 Å². The number of amides is 1. The quantitative estimate of drug-likeness (QED) is 0.805. The number of ether oxygens (including phenoxy) is 1. The minimum atomic E-state index is -0.420. The highest BCUT2D eigenvalue weighted by Crippen LogP contribution is 2.18. The maximum Gasteiger partial charge on any atom is 0.226 e. The Kier molecular flexibility index (Phi) is 5.16. The Hall–Kier alpha value is -1.55. The Balaban J connectivity index is 2.54. The number of methoxy groups -OCH3 is 1. The maximum absolute atomic E-state index is 11.6. The van der Waals surface area contributed by atoms with Gasteiger partial charge in [-0.3, -0.25) is 4.79 Å². The first kappa shape index (κ1) is 14.5. The van der Waals surface area contributed by atoms with Crippen LogP contribution in [0.2, 0.25) is 0 Å². The molecule has 1 aromatic rings. The molecule has 0 saturated heterocycles. The normalized spacial score (nSPS) is 11.1. The van der Waals surface area contributed by atoms with Crippen molar-refractivity contribution in [3.8, 4) is 5.75 Å². The van der Waals surface area contributed by atoms with Gasteiger partial charge in [0.1, 0.15) is 5.75 Å². The van der Waals surface area contributed by atoms with E-state index in [2.05, 4.69) is 10.6 Å². The highest BCUT2D eigenvalue weighted by molar-refractivity contribution is 5.81. The van der Waals surface area contributed by atoms with Crippen molar-refractivity contribution in [2.45, 2.75) is 20.4 Å². The molecule has 0 saturated carbocycles.